The molecule has 1 amide bonds. The Morgan fingerprint density at radius 2 is 1.89 bits per heavy atom. The third kappa shape index (κ3) is 6.91. The molecular weight excluding hydrogens is 394 g/mol. The number of benzene rings is 1. The van der Waals surface area contributed by atoms with Crippen molar-refractivity contribution in [3.8, 4) is 0 Å². The van der Waals surface area contributed by atoms with E-state index in [-0.39, 0.29) is 17.1 Å². The highest BCUT2D eigenvalue weighted by atomic mass is 32.2. The lowest BCUT2D eigenvalue weighted by molar-refractivity contribution is -0.142. The fourth-order valence-corrected chi connectivity index (χ4v) is 4.62. The number of carbonyl (C=O) groups is 2. The zero-order valence-electron chi connectivity index (χ0n) is 16.6. The molecule has 1 aromatic heterocycles. The Morgan fingerprint density at radius 1 is 1.14 bits per heavy atom. The number of carbonyl (C=O) groups excluding carboxylic acids is 2. The molecule has 1 N–H and O–H groups in total. The van der Waals surface area contributed by atoms with Gasteiger partial charge in [0.05, 0.1) is 6.61 Å². The summed E-state index contributed by atoms with van der Waals surface area (Å²) in [6.45, 7) is 6.33. The van der Waals surface area contributed by atoms with Gasteiger partial charge in [0.2, 0.25) is 5.13 Å². The van der Waals surface area contributed by atoms with Gasteiger partial charge < -0.3 is 4.74 Å². The maximum absolute atomic E-state index is 12.4. The van der Waals surface area contributed by atoms with Crippen LogP contribution in [0.1, 0.15) is 62.4 Å². The van der Waals surface area contributed by atoms with Gasteiger partial charge >= 0.3 is 5.97 Å². The third-order valence-electron chi connectivity index (χ3n) is 4.01. The molecule has 1 heterocycles. The summed E-state index contributed by atoms with van der Waals surface area (Å²) in [5.74, 6) is -0.455. The highest BCUT2D eigenvalue weighted by molar-refractivity contribution is 8.02. The lowest BCUT2D eigenvalue weighted by Crippen LogP contribution is -2.20. The van der Waals surface area contributed by atoms with E-state index < -0.39 is 0 Å². The SMILES string of the molecule is CCCCc1ccc(C(=O)Nc2nnc(SC(CCC)C(=O)OCC)s2)cc1. The van der Waals surface area contributed by atoms with E-state index in [2.05, 4.69) is 22.4 Å². The summed E-state index contributed by atoms with van der Waals surface area (Å²) < 4.78 is 5.75. The third-order valence-corrected chi connectivity index (χ3v) is 6.17. The van der Waals surface area contributed by atoms with Crippen LogP contribution < -0.4 is 5.32 Å². The number of unbranched alkanes of at least 4 members (excludes halogenated alkanes) is 1. The number of nitrogens with one attached hydrogen (secondary N) is 1. The van der Waals surface area contributed by atoms with E-state index in [9.17, 15) is 9.59 Å². The van der Waals surface area contributed by atoms with E-state index in [0.29, 0.717) is 28.1 Å². The number of rotatable bonds is 11. The van der Waals surface area contributed by atoms with E-state index in [1.807, 2.05) is 31.2 Å². The van der Waals surface area contributed by atoms with Gasteiger partial charge in [-0.05, 0) is 43.9 Å². The summed E-state index contributed by atoms with van der Waals surface area (Å²) in [7, 11) is 0. The minimum absolute atomic E-state index is 0.217. The van der Waals surface area contributed by atoms with Crippen molar-refractivity contribution in [3.63, 3.8) is 0 Å². The molecule has 0 fully saturated rings. The Morgan fingerprint density at radius 3 is 2.54 bits per heavy atom. The molecule has 2 aromatic rings. The molecular formula is C20H27N3O3S2. The molecule has 0 bridgehead atoms. The van der Waals surface area contributed by atoms with E-state index in [4.69, 9.17) is 4.74 Å². The molecule has 0 saturated heterocycles. The van der Waals surface area contributed by atoms with Gasteiger partial charge in [0.1, 0.15) is 5.25 Å². The number of hydrogen-bond acceptors (Lipinski definition) is 7. The summed E-state index contributed by atoms with van der Waals surface area (Å²) >= 11 is 2.59. The van der Waals surface area contributed by atoms with E-state index in [1.165, 1.54) is 28.7 Å². The molecule has 0 aliphatic heterocycles. The van der Waals surface area contributed by atoms with Gasteiger partial charge in [-0.2, -0.15) is 0 Å². The molecule has 1 aromatic carbocycles. The van der Waals surface area contributed by atoms with Gasteiger partial charge in [0.15, 0.2) is 4.34 Å². The van der Waals surface area contributed by atoms with Crippen molar-refractivity contribution >= 4 is 40.1 Å². The van der Waals surface area contributed by atoms with Crippen molar-refractivity contribution in [1.82, 2.24) is 10.2 Å². The van der Waals surface area contributed by atoms with Crippen LogP contribution in [0.25, 0.3) is 0 Å². The average Bonchev–Trinajstić information content (AvgIpc) is 3.13. The molecule has 0 aliphatic carbocycles. The molecule has 8 heteroatoms. The van der Waals surface area contributed by atoms with Crippen LogP contribution in [-0.4, -0.2) is 33.9 Å². The lowest BCUT2D eigenvalue weighted by atomic mass is 10.1. The van der Waals surface area contributed by atoms with Crippen LogP contribution in [0, 0.1) is 0 Å². The van der Waals surface area contributed by atoms with Crippen molar-refractivity contribution in [2.45, 2.75) is 62.5 Å². The number of hydrogen-bond donors (Lipinski definition) is 1. The first-order valence-corrected chi connectivity index (χ1v) is 11.3. The van der Waals surface area contributed by atoms with Gasteiger partial charge in [0.25, 0.3) is 5.91 Å². The fraction of sp³-hybridized carbons (Fsp3) is 0.500. The molecule has 0 radical (unpaired) electrons. The number of nitrogens with zero attached hydrogens (tertiary/aromatic N) is 2. The van der Waals surface area contributed by atoms with Crippen LogP contribution in [0.15, 0.2) is 28.6 Å². The Bertz CT molecular complexity index is 762. The van der Waals surface area contributed by atoms with E-state index >= 15 is 0 Å². The number of aryl methyl sites for hydroxylation is 1. The van der Waals surface area contributed by atoms with Crippen molar-refractivity contribution in [2.24, 2.45) is 0 Å². The Kier molecular flexibility index (Phi) is 9.43. The first kappa shape index (κ1) is 22.4. The number of aromatic nitrogens is 2. The van der Waals surface area contributed by atoms with Gasteiger partial charge in [0, 0.05) is 5.56 Å². The molecule has 0 spiro atoms. The maximum Gasteiger partial charge on any atom is 0.319 e. The molecule has 28 heavy (non-hydrogen) atoms. The summed E-state index contributed by atoms with van der Waals surface area (Å²) in [4.78, 5) is 24.5. The van der Waals surface area contributed by atoms with Crippen LogP contribution in [0.2, 0.25) is 0 Å². The second-order valence-corrected chi connectivity index (χ2v) is 8.70. The number of thioether (sulfide) groups is 1. The predicted molar refractivity (Wildman–Crippen MR) is 114 cm³/mol. The topological polar surface area (TPSA) is 81.2 Å². The summed E-state index contributed by atoms with van der Waals surface area (Å²) in [5.41, 5.74) is 1.81. The Balaban J connectivity index is 1.95. The normalized spacial score (nSPS) is 11.8. The largest absolute Gasteiger partial charge is 0.465 e. The Labute approximate surface area is 174 Å². The van der Waals surface area contributed by atoms with Gasteiger partial charge in [-0.25, -0.2) is 0 Å². The molecule has 1 unspecified atom stereocenters. The van der Waals surface area contributed by atoms with Crippen molar-refractivity contribution in [3.05, 3.63) is 35.4 Å². The van der Waals surface area contributed by atoms with E-state index in [1.54, 1.807) is 6.92 Å². The van der Waals surface area contributed by atoms with Crippen LogP contribution in [0.3, 0.4) is 0 Å². The van der Waals surface area contributed by atoms with Crippen LogP contribution in [-0.2, 0) is 16.0 Å². The highest BCUT2D eigenvalue weighted by Gasteiger charge is 2.22. The highest BCUT2D eigenvalue weighted by Crippen LogP contribution is 2.31. The molecule has 1 atom stereocenters. The number of anilines is 1. The van der Waals surface area contributed by atoms with Crippen molar-refractivity contribution < 1.29 is 14.3 Å². The Hall–Kier alpha value is -1.93. The van der Waals surface area contributed by atoms with Gasteiger partial charge in [-0.1, -0.05) is 61.9 Å². The first-order valence-electron chi connectivity index (χ1n) is 9.64. The van der Waals surface area contributed by atoms with Crippen LogP contribution >= 0.6 is 23.1 Å². The zero-order chi connectivity index (χ0) is 20.4. The minimum atomic E-state index is -0.308. The summed E-state index contributed by atoms with van der Waals surface area (Å²) in [6.07, 6.45) is 4.88. The second kappa shape index (κ2) is 11.8. The summed E-state index contributed by atoms with van der Waals surface area (Å²) in [6, 6.07) is 7.63. The maximum atomic E-state index is 12.4. The predicted octanol–water partition coefficient (Wildman–Crippen LogP) is 4.96. The van der Waals surface area contributed by atoms with Gasteiger partial charge in [-0.15, -0.1) is 10.2 Å². The smallest absolute Gasteiger partial charge is 0.319 e. The zero-order valence-corrected chi connectivity index (χ0v) is 18.2. The van der Waals surface area contributed by atoms with Crippen molar-refractivity contribution in [2.75, 3.05) is 11.9 Å². The standard InChI is InChI=1S/C20H27N3O3S2/c1-4-7-9-14-10-12-15(13-11-14)17(24)21-19-22-23-20(28-19)27-16(8-5-2)18(25)26-6-3/h10-13,16H,4-9H2,1-3H3,(H,21,22,24). The molecule has 0 aliphatic rings. The molecule has 6 nitrogen and oxygen atoms in total. The second-order valence-electron chi connectivity index (χ2n) is 6.27. The fourth-order valence-electron chi connectivity index (χ4n) is 2.52. The quantitative estimate of drug-likeness (QED) is 0.314. The minimum Gasteiger partial charge on any atom is -0.465 e. The monoisotopic (exact) mass is 421 g/mol. The lowest BCUT2D eigenvalue weighted by Gasteiger charge is -2.11. The van der Waals surface area contributed by atoms with E-state index in [0.717, 1.165) is 25.7 Å². The summed E-state index contributed by atoms with van der Waals surface area (Å²) in [5, 5.41) is 11.0. The van der Waals surface area contributed by atoms with Gasteiger partial charge in [-0.3, -0.25) is 14.9 Å². The van der Waals surface area contributed by atoms with Crippen LogP contribution in [0.4, 0.5) is 5.13 Å². The molecule has 2 rings (SSSR count). The number of ether oxygens (including phenoxy) is 1. The first-order chi connectivity index (χ1) is 13.6. The number of amides is 1. The molecule has 0 saturated carbocycles. The number of esters is 1. The van der Waals surface area contributed by atoms with Crippen molar-refractivity contribution in [1.29, 1.82) is 0 Å². The average molecular weight is 422 g/mol. The molecule has 152 valence electrons. The van der Waals surface area contributed by atoms with Crippen LogP contribution in [0.5, 0.6) is 0 Å².